The second-order valence-corrected chi connectivity index (χ2v) is 12.5. The van der Waals surface area contributed by atoms with Gasteiger partial charge in [-0.3, -0.25) is 0 Å². The monoisotopic (exact) mass is 290 g/mol. The number of rotatable bonds is 4. The number of fused-ring (bicyclic) bond motifs is 1. The average Bonchev–Trinajstić information content (AvgIpc) is 3.01. The molecule has 3 rings (SSSR count). The molecule has 0 aliphatic heterocycles. The highest BCUT2D eigenvalue weighted by Crippen LogP contribution is 2.55. The van der Waals surface area contributed by atoms with Crippen molar-refractivity contribution in [1.82, 2.24) is 0 Å². The summed E-state index contributed by atoms with van der Waals surface area (Å²) in [4.78, 5) is 0. The minimum atomic E-state index is -1.44. The summed E-state index contributed by atoms with van der Waals surface area (Å²) < 4.78 is 6.58. The molecule has 0 radical (unpaired) electrons. The van der Waals surface area contributed by atoms with Crippen molar-refractivity contribution < 1.29 is 4.43 Å². The summed E-state index contributed by atoms with van der Waals surface area (Å²) in [6.07, 6.45) is 18.2. The van der Waals surface area contributed by atoms with Crippen molar-refractivity contribution in [3.8, 4) is 0 Å². The van der Waals surface area contributed by atoms with E-state index in [9.17, 15) is 0 Å². The van der Waals surface area contributed by atoms with E-state index in [0.29, 0.717) is 0 Å². The van der Waals surface area contributed by atoms with Crippen LogP contribution in [0.2, 0.25) is 19.6 Å². The van der Waals surface area contributed by atoms with Gasteiger partial charge in [-0.1, -0.05) is 23.8 Å². The van der Waals surface area contributed by atoms with E-state index in [-0.39, 0.29) is 5.60 Å². The van der Waals surface area contributed by atoms with Crippen LogP contribution in [0.4, 0.5) is 0 Å². The average molecular weight is 291 g/mol. The van der Waals surface area contributed by atoms with Crippen LogP contribution in [0.3, 0.4) is 0 Å². The summed E-state index contributed by atoms with van der Waals surface area (Å²) >= 11 is 0. The first kappa shape index (κ1) is 14.6. The third-order valence-corrected chi connectivity index (χ3v) is 5.96. The molecule has 3 aliphatic rings. The van der Waals surface area contributed by atoms with Crippen LogP contribution < -0.4 is 0 Å². The summed E-state index contributed by atoms with van der Waals surface area (Å²) in [7, 11) is -1.44. The molecule has 0 spiro atoms. The number of hydrogen-bond acceptors (Lipinski definition) is 1. The van der Waals surface area contributed by atoms with Gasteiger partial charge >= 0.3 is 0 Å². The van der Waals surface area contributed by atoms with E-state index >= 15 is 0 Å². The van der Waals surface area contributed by atoms with Crippen molar-refractivity contribution in [2.75, 3.05) is 0 Å². The lowest BCUT2D eigenvalue weighted by molar-refractivity contribution is 0.200. The van der Waals surface area contributed by atoms with Crippen LogP contribution in [0.1, 0.15) is 51.4 Å². The molecule has 0 aromatic rings. The lowest BCUT2D eigenvalue weighted by atomic mass is 9.88. The van der Waals surface area contributed by atoms with E-state index in [2.05, 4.69) is 37.9 Å². The van der Waals surface area contributed by atoms with Gasteiger partial charge in [0.15, 0.2) is 8.32 Å². The van der Waals surface area contributed by atoms with Gasteiger partial charge in [0, 0.05) is 0 Å². The van der Waals surface area contributed by atoms with Crippen LogP contribution in [0.25, 0.3) is 0 Å². The second kappa shape index (κ2) is 5.45. The van der Waals surface area contributed by atoms with Gasteiger partial charge < -0.3 is 4.43 Å². The molecule has 0 saturated heterocycles. The van der Waals surface area contributed by atoms with Crippen molar-refractivity contribution in [3.05, 3.63) is 23.8 Å². The SMILES string of the molecule is C[Si](C)(C)OC12C=C(CC3C=CCCC3)CCCC1C2. The third kappa shape index (κ3) is 3.45. The Labute approximate surface area is 125 Å². The molecule has 112 valence electrons. The van der Waals surface area contributed by atoms with Gasteiger partial charge in [0.1, 0.15) is 0 Å². The first-order valence-corrected chi connectivity index (χ1v) is 12.0. The molecule has 1 fully saturated rings. The maximum absolute atomic E-state index is 6.58. The Morgan fingerprint density at radius 3 is 2.80 bits per heavy atom. The third-order valence-electron chi connectivity index (χ3n) is 4.97. The number of hydrogen-bond donors (Lipinski definition) is 0. The summed E-state index contributed by atoms with van der Waals surface area (Å²) in [5.74, 6) is 1.63. The first-order valence-electron chi connectivity index (χ1n) is 8.54. The van der Waals surface area contributed by atoms with Gasteiger partial charge in [0.25, 0.3) is 0 Å². The molecule has 20 heavy (non-hydrogen) atoms. The molecular weight excluding hydrogens is 260 g/mol. The Kier molecular flexibility index (Phi) is 3.98. The molecule has 1 saturated carbocycles. The van der Waals surface area contributed by atoms with Crippen LogP contribution >= 0.6 is 0 Å². The van der Waals surface area contributed by atoms with E-state index in [4.69, 9.17) is 4.43 Å². The Balaban J connectivity index is 1.71. The predicted octanol–water partition coefficient (Wildman–Crippen LogP) is 5.45. The predicted molar refractivity (Wildman–Crippen MR) is 88.3 cm³/mol. The Bertz CT molecular complexity index is 418. The van der Waals surface area contributed by atoms with Crippen LogP contribution in [0, 0.1) is 11.8 Å². The highest BCUT2D eigenvalue weighted by atomic mass is 28.4. The zero-order valence-corrected chi connectivity index (χ0v) is 14.5. The maximum atomic E-state index is 6.58. The zero-order chi connectivity index (χ0) is 14.2. The Morgan fingerprint density at radius 1 is 1.25 bits per heavy atom. The summed E-state index contributed by atoms with van der Waals surface area (Å²) in [5.41, 5.74) is 1.86. The molecule has 0 aromatic heterocycles. The Morgan fingerprint density at radius 2 is 2.10 bits per heavy atom. The summed E-state index contributed by atoms with van der Waals surface area (Å²) in [6.45, 7) is 7.00. The molecule has 3 aliphatic carbocycles. The zero-order valence-electron chi connectivity index (χ0n) is 13.5. The normalized spacial score (nSPS) is 37.0. The summed E-state index contributed by atoms with van der Waals surface area (Å²) in [5, 5.41) is 0. The maximum Gasteiger partial charge on any atom is 0.184 e. The highest BCUT2D eigenvalue weighted by molar-refractivity contribution is 6.69. The molecule has 3 unspecified atom stereocenters. The van der Waals surface area contributed by atoms with E-state index < -0.39 is 8.32 Å². The van der Waals surface area contributed by atoms with Crippen LogP contribution in [0.15, 0.2) is 23.8 Å². The van der Waals surface area contributed by atoms with E-state index in [1.54, 1.807) is 5.57 Å². The molecule has 0 aromatic carbocycles. The van der Waals surface area contributed by atoms with Gasteiger partial charge in [0.05, 0.1) is 5.60 Å². The van der Waals surface area contributed by atoms with Gasteiger partial charge in [0.2, 0.25) is 0 Å². The van der Waals surface area contributed by atoms with E-state index in [0.717, 1.165) is 11.8 Å². The lowest BCUT2D eigenvalue weighted by Crippen LogP contribution is -2.33. The fourth-order valence-electron chi connectivity index (χ4n) is 4.12. The summed E-state index contributed by atoms with van der Waals surface area (Å²) in [6, 6.07) is 0. The standard InChI is InChI=1S/C18H30OSi/c1-20(2,3)19-18-13-16(10-7-11-17(18)14-18)12-15-8-5-4-6-9-15/h5,8,13,15,17H,4,6-7,9-12,14H2,1-3H3. The quantitative estimate of drug-likeness (QED) is 0.494. The smallest absolute Gasteiger partial charge is 0.184 e. The highest BCUT2D eigenvalue weighted by Gasteiger charge is 2.55. The topological polar surface area (TPSA) is 9.23 Å². The fourth-order valence-corrected chi connectivity index (χ4v) is 5.57. The molecular formula is C18H30OSi. The molecule has 0 amide bonds. The van der Waals surface area contributed by atoms with Crippen LogP contribution in [0.5, 0.6) is 0 Å². The van der Waals surface area contributed by atoms with Crippen LogP contribution in [-0.2, 0) is 4.43 Å². The van der Waals surface area contributed by atoms with Gasteiger partial charge in [-0.15, -0.1) is 0 Å². The molecule has 2 heteroatoms. The van der Waals surface area contributed by atoms with Crippen molar-refractivity contribution >= 4 is 8.32 Å². The van der Waals surface area contributed by atoms with Gasteiger partial charge in [-0.25, -0.2) is 0 Å². The van der Waals surface area contributed by atoms with Crippen molar-refractivity contribution in [2.24, 2.45) is 11.8 Å². The molecule has 0 bridgehead atoms. The minimum Gasteiger partial charge on any atom is -0.408 e. The van der Waals surface area contributed by atoms with Crippen molar-refractivity contribution in [2.45, 2.75) is 76.6 Å². The number of allylic oxidation sites excluding steroid dienone is 3. The molecule has 1 nitrogen and oxygen atoms in total. The van der Waals surface area contributed by atoms with Gasteiger partial charge in [-0.2, -0.15) is 0 Å². The fraction of sp³-hybridized carbons (Fsp3) is 0.778. The second-order valence-electron chi connectivity index (χ2n) is 8.09. The van der Waals surface area contributed by atoms with Crippen LogP contribution in [-0.4, -0.2) is 13.9 Å². The van der Waals surface area contributed by atoms with E-state index in [1.807, 2.05) is 0 Å². The molecule has 0 heterocycles. The largest absolute Gasteiger partial charge is 0.408 e. The van der Waals surface area contributed by atoms with Crippen molar-refractivity contribution in [1.29, 1.82) is 0 Å². The van der Waals surface area contributed by atoms with Gasteiger partial charge in [-0.05, 0) is 82.8 Å². The minimum absolute atomic E-state index is 0.161. The Hall–Kier alpha value is -0.343. The van der Waals surface area contributed by atoms with E-state index in [1.165, 1.54) is 51.4 Å². The first-order chi connectivity index (χ1) is 9.47. The molecule has 3 atom stereocenters. The molecule has 0 N–H and O–H groups in total. The van der Waals surface area contributed by atoms with Crippen molar-refractivity contribution in [3.63, 3.8) is 0 Å². The lowest BCUT2D eigenvalue weighted by Gasteiger charge is -2.26.